The standard InChI is InChI=1S/C18H20N2O2/c21-17-9-4-3-8-16(17)18(22)19-10-5-11-20-12-14-6-1-2-7-15(14)13-20/h1-4,6-9,21H,5,10-13H2,(H,19,22). The van der Waals surface area contributed by atoms with Crippen molar-refractivity contribution in [3.8, 4) is 5.75 Å². The predicted octanol–water partition coefficient (Wildman–Crippen LogP) is 2.53. The molecule has 2 N–H and O–H groups in total. The maximum atomic E-state index is 12.0. The van der Waals surface area contributed by atoms with E-state index >= 15 is 0 Å². The second kappa shape index (κ2) is 6.62. The van der Waals surface area contributed by atoms with Crippen molar-refractivity contribution in [2.24, 2.45) is 0 Å². The lowest BCUT2D eigenvalue weighted by Crippen LogP contribution is -2.27. The number of amides is 1. The highest BCUT2D eigenvalue weighted by Gasteiger charge is 2.17. The van der Waals surface area contributed by atoms with Gasteiger partial charge in [-0.25, -0.2) is 0 Å². The van der Waals surface area contributed by atoms with Crippen LogP contribution in [0.5, 0.6) is 5.75 Å². The Morgan fingerprint density at radius 3 is 2.36 bits per heavy atom. The maximum absolute atomic E-state index is 12.0. The molecule has 0 saturated heterocycles. The van der Waals surface area contributed by atoms with Gasteiger partial charge in [-0.2, -0.15) is 0 Å². The first-order chi connectivity index (χ1) is 10.7. The number of carbonyl (C=O) groups is 1. The largest absolute Gasteiger partial charge is 0.507 e. The van der Waals surface area contributed by atoms with E-state index in [0.717, 1.165) is 26.1 Å². The van der Waals surface area contributed by atoms with Gasteiger partial charge < -0.3 is 10.4 Å². The van der Waals surface area contributed by atoms with Crippen LogP contribution in [-0.2, 0) is 13.1 Å². The monoisotopic (exact) mass is 296 g/mol. The van der Waals surface area contributed by atoms with Gasteiger partial charge in [-0.15, -0.1) is 0 Å². The Labute approximate surface area is 130 Å². The summed E-state index contributed by atoms with van der Waals surface area (Å²) >= 11 is 0. The molecular formula is C18H20N2O2. The molecular weight excluding hydrogens is 276 g/mol. The van der Waals surface area contributed by atoms with Gasteiger partial charge in [0.2, 0.25) is 0 Å². The Kier molecular flexibility index (Phi) is 4.39. The highest BCUT2D eigenvalue weighted by atomic mass is 16.3. The number of rotatable bonds is 5. The molecule has 0 aliphatic carbocycles. The average Bonchev–Trinajstić information content (AvgIpc) is 2.94. The van der Waals surface area contributed by atoms with Gasteiger partial charge in [-0.05, 0) is 29.7 Å². The first kappa shape index (κ1) is 14.6. The van der Waals surface area contributed by atoms with Crippen LogP contribution in [0.2, 0.25) is 0 Å². The van der Waals surface area contributed by atoms with Crippen molar-refractivity contribution in [2.75, 3.05) is 13.1 Å². The van der Waals surface area contributed by atoms with Crippen molar-refractivity contribution in [3.63, 3.8) is 0 Å². The molecule has 22 heavy (non-hydrogen) atoms. The van der Waals surface area contributed by atoms with Crippen LogP contribution in [0.25, 0.3) is 0 Å². The number of fused-ring (bicyclic) bond motifs is 1. The Morgan fingerprint density at radius 1 is 1.05 bits per heavy atom. The molecule has 1 aliphatic rings. The number of carbonyl (C=O) groups excluding carboxylic acids is 1. The Balaban J connectivity index is 1.42. The zero-order valence-corrected chi connectivity index (χ0v) is 12.5. The van der Waals surface area contributed by atoms with Gasteiger partial charge in [-0.3, -0.25) is 9.69 Å². The van der Waals surface area contributed by atoms with Gasteiger partial charge in [0.15, 0.2) is 0 Å². The Morgan fingerprint density at radius 2 is 1.68 bits per heavy atom. The molecule has 0 aromatic heterocycles. The molecule has 0 spiro atoms. The van der Waals surface area contributed by atoms with Crippen molar-refractivity contribution in [2.45, 2.75) is 19.5 Å². The van der Waals surface area contributed by atoms with Gasteiger partial charge in [0.05, 0.1) is 5.56 Å². The number of phenols is 1. The Hall–Kier alpha value is -2.33. The van der Waals surface area contributed by atoms with E-state index in [1.54, 1.807) is 18.2 Å². The molecule has 1 heterocycles. The van der Waals surface area contributed by atoms with Gasteiger partial charge in [-0.1, -0.05) is 36.4 Å². The second-order valence-corrected chi connectivity index (χ2v) is 5.61. The minimum absolute atomic E-state index is 0.0231. The zero-order chi connectivity index (χ0) is 15.4. The van der Waals surface area contributed by atoms with E-state index in [2.05, 4.69) is 34.5 Å². The van der Waals surface area contributed by atoms with Crippen molar-refractivity contribution >= 4 is 5.91 Å². The summed E-state index contributed by atoms with van der Waals surface area (Å²) in [5.74, 6) is -0.196. The van der Waals surface area contributed by atoms with Crippen molar-refractivity contribution in [1.29, 1.82) is 0 Å². The van der Waals surface area contributed by atoms with E-state index in [-0.39, 0.29) is 11.7 Å². The third-order valence-corrected chi connectivity index (χ3v) is 3.99. The molecule has 0 saturated carbocycles. The number of para-hydroxylation sites is 1. The Bertz CT molecular complexity index is 645. The van der Waals surface area contributed by atoms with E-state index < -0.39 is 0 Å². The lowest BCUT2D eigenvalue weighted by Gasteiger charge is -2.14. The third kappa shape index (κ3) is 3.28. The number of phenolic OH excluding ortho intramolecular Hbond substituents is 1. The summed E-state index contributed by atoms with van der Waals surface area (Å²) in [5, 5.41) is 12.5. The van der Waals surface area contributed by atoms with E-state index in [4.69, 9.17) is 0 Å². The molecule has 114 valence electrons. The van der Waals surface area contributed by atoms with Crippen LogP contribution < -0.4 is 5.32 Å². The lowest BCUT2D eigenvalue weighted by atomic mass is 10.1. The fourth-order valence-corrected chi connectivity index (χ4v) is 2.83. The van der Waals surface area contributed by atoms with Crippen LogP contribution >= 0.6 is 0 Å². The SMILES string of the molecule is O=C(NCCCN1Cc2ccccc2C1)c1ccccc1O. The molecule has 0 atom stereocenters. The van der Waals surface area contributed by atoms with Gasteiger partial charge >= 0.3 is 0 Å². The summed E-state index contributed by atoms with van der Waals surface area (Å²) in [6.45, 7) is 3.54. The quantitative estimate of drug-likeness (QED) is 0.834. The number of hydrogen-bond acceptors (Lipinski definition) is 3. The molecule has 1 aliphatic heterocycles. The van der Waals surface area contributed by atoms with E-state index in [0.29, 0.717) is 12.1 Å². The molecule has 0 radical (unpaired) electrons. The second-order valence-electron chi connectivity index (χ2n) is 5.61. The normalized spacial score (nSPS) is 13.8. The van der Waals surface area contributed by atoms with Crippen LogP contribution in [0, 0.1) is 0 Å². The minimum atomic E-state index is -0.220. The highest BCUT2D eigenvalue weighted by molar-refractivity contribution is 5.96. The predicted molar refractivity (Wildman–Crippen MR) is 85.6 cm³/mol. The van der Waals surface area contributed by atoms with Gasteiger partial charge in [0.25, 0.3) is 5.91 Å². The van der Waals surface area contributed by atoms with E-state index in [1.807, 2.05) is 0 Å². The summed E-state index contributed by atoms with van der Waals surface area (Å²) in [6, 6.07) is 15.1. The van der Waals surface area contributed by atoms with Gasteiger partial charge in [0, 0.05) is 26.2 Å². The topological polar surface area (TPSA) is 52.6 Å². The average molecular weight is 296 g/mol. The molecule has 0 bridgehead atoms. The van der Waals surface area contributed by atoms with Crippen LogP contribution in [-0.4, -0.2) is 29.0 Å². The maximum Gasteiger partial charge on any atom is 0.255 e. The van der Waals surface area contributed by atoms with Crippen LogP contribution in [0.4, 0.5) is 0 Å². The molecule has 0 fully saturated rings. The molecule has 1 amide bonds. The van der Waals surface area contributed by atoms with Crippen molar-refractivity contribution in [3.05, 3.63) is 65.2 Å². The molecule has 2 aromatic carbocycles. The summed E-state index contributed by atoms with van der Waals surface area (Å²) in [5.41, 5.74) is 3.14. The zero-order valence-electron chi connectivity index (χ0n) is 12.5. The summed E-state index contributed by atoms with van der Waals surface area (Å²) in [7, 11) is 0. The van der Waals surface area contributed by atoms with Crippen molar-refractivity contribution < 1.29 is 9.90 Å². The van der Waals surface area contributed by atoms with E-state index in [9.17, 15) is 9.90 Å². The number of nitrogens with zero attached hydrogens (tertiary/aromatic N) is 1. The summed E-state index contributed by atoms with van der Waals surface area (Å²) in [6.07, 6.45) is 0.896. The summed E-state index contributed by atoms with van der Waals surface area (Å²) < 4.78 is 0. The number of benzene rings is 2. The lowest BCUT2D eigenvalue weighted by molar-refractivity contribution is 0.0949. The summed E-state index contributed by atoms with van der Waals surface area (Å²) in [4.78, 5) is 14.3. The molecule has 4 heteroatoms. The number of aromatic hydroxyl groups is 1. The number of hydrogen-bond donors (Lipinski definition) is 2. The third-order valence-electron chi connectivity index (χ3n) is 3.99. The fourth-order valence-electron chi connectivity index (χ4n) is 2.83. The fraction of sp³-hybridized carbons (Fsp3) is 0.278. The highest BCUT2D eigenvalue weighted by Crippen LogP contribution is 2.21. The number of nitrogens with one attached hydrogen (secondary N) is 1. The van der Waals surface area contributed by atoms with Gasteiger partial charge in [0.1, 0.15) is 5.75 Å². The smallest absolute Gasteiger partial charge is 0.255 e. The molecule has 4 nitrogen and oxygen atoms in total. The van der Waals surface area contributed by atoms with E-state index in [1.165, 1.54) is 17.2 Å². The molecule has 2 aromatic rings. The van der Waals surface area contributed by atoms with Crippen LogP contribution in [0.3, 0.4) is 0 Å². The molecule has 0 unspecified atom stereocenters. The van der Waals surface area contributed by atoms with Crippen LogP contribution in [0.1, 0.15) is 27.9 Å². The first-order valence-electron chi connectivity index (χ1n) is 7.59. The van der Waals surface area contributed by atoms with Crippen molar-refractivity contribution in [1.82, 2.24) is 10.2 Å². The molecule has 3 rings (SSSR count). The first-order valence-corrected chi connectivity index (χ1v) is 7.59. The van der Waals surface area contributed by atoms with Crippen LogP contribution in [0.15, 0.2) is 48.5 Å². The minimum Gasteiger partial charge on any atom is -0.507 e.